The van der Waals surface area contributed by atoms with Crippen LogP contribution in [0.15, 0.2) is 0 Å². The highest BCUT2D eigenvalue weighted by Crippen LogP contribution is 2.35. The first-order chi connectivity index (χ1) is 7.67. The fourth-order valence-electron chi connectivity index (χ4n) is 3.19. The number of rotatable bonds is 2. The molecule has 16 heavy (non-hydrogen) atoms. The number of nitrogens with zero attached hydrogens (tertiary/aromatic N) is 2. The normalized spacial score (nSPS) is 32.9. The predicted octanol–water partition coefficient (Wildman–Crippen LogP) is 1.40. The molecule has 0 aromatic carbocycles. The van der Waals surface area contributed by atoms with Crippen LogP contribution < -0.4 is 5.73 Å². The summed E-state index contributed by atoms with van der Waals surface area (Å²) in [6.45, 7) is 5.69. The number of hydrogen-bond acceptors (Lipinski definition) is 2. The SMILES string of the molecule is CCN(CC)C(=O)N1C2CCC1CC(N)C2. The molecule has 2 atom stereocenters. The van der Waals surface area contributed by atoms with Gasteiger partial charge in [-0.1, -0.05) is 0 Å². The Bertz CT molecular complexity index is 251. The van der Waals surface area contributed by atoms with Crippen molar-refractivity contribution in [3.05, 3.63) is 0 Å². The molecule has 0 radical (unpaired) electrons. The minimum atomic E-state index is 0.226. The van der Waals surface area contributed by atoms with Crippen LogP contribution in [0.4, 0.5) is 4.79 Å². The van der Waals surface area contributed by atoms with E-state index in [1.165, 1.54) is 0 Å². The van der Waals surface area contributed by atoms with Crippen LogP contribution in [0.1, 0.15) is 39.5 Å². The van der Waals surface area contributed by atoms with Crippen molar-refractivity contribution in [2.75, 3.05) is 13.1 Å². The van der Waals surface area contributed by atoms with E-state index < -0.39 is 0 Å². The average Bonchev–Trinajstić information content (AvgIpc) is 2.53. The highest BCUT2D eigenvalue weighted by Gasteiger charge is 2.43. The molecule has 2 unspecified atom stereocenters. The summed E-state index contributed by atoms with van der Waals surface area (Å²) in [4.78, 5) is 16.4. The Morgan fingerprint density at radius 2 is 1.75 bits per heavy atom. The van der Waals surface area contributed by atoms with Gasteiger partial charge in [0.05, 0.1) is 0 Å². The molecule has 0 aliphatic carbocycles. The zero-order valence-electron chi connectivity index (χ0n) is 10.4. The second-order valence-corrected chi connectivity index (χ2v) is 4.98. The van der Waals surface area contributed by atoms with E-state index in [-0.39, 0.29) is 6.03 Å². The van der Waals surface area contributed by atoms with E-state index in [2.05, 4.69) is 4.90 Å². The van der Waals surface area contributed by atoms with Gasteiger partial charge in [-0.2, -0.15) is 0 Å². The molecule has 2 aliphatic heterocycles. The Hall–Kier alpha value is -0.770. The van der Waals surface area contributed by atoms with Crippen LogP contribution in [-0.4, -0.2) is 47.0 Å². The average molecular weight is 225 g/mol. The van der Waals surface area contributed by atoms with Crippen molar-refractivity contribution in [1.29, 1.82) is 0 Å². The number of urea groups is 1. The summed E-state index contributed by atoms with van der Waals surface area (Å²) in [5.41, 5.74) is 6.01. The Morgan fingerprint density at radius 3 is 2.19 bits per heavy atom. The van der Waals surface area contributed by atoms with Crippen molar-refractivity contribution >= 4 is 6.03 Å². The lowest BCUT2D eigenvalue weighted by Crippen LogP contribution is -2.54. The van der Waals surface area contributed by atoms with Gasteiger partial charge in [0.15, 0.2) is 0 Å². The van der Waals surface area contributed by atoms with Gasteiger partial charge in [0, 0.05) is 31.2 Å². The molecule has 2 N–H and O–H groups in total. The number of carbonyl (C=O) groups is 1. The largest absolute Gasteiger partial charge is 0.328 e. The maximum atomic E-state index is 12.3. The van der Waals surface area contributed by atoms with Crippen molar-refractivity contribution in [1.82, 2.24) is 9.80 Å². The predicted molar refractivity (Wildman–Crippen MR) is 64.2 cm³/mol. The van der Waals surface area contributed by atoms with Gasteiger partial charge in [0.2, 0.25) is 0 Å². The lowest BCUT2D eigenvalue weighted by atomic mass is 9.98. The second kappa shape index (κ2) is 4.62. The minimum absolute atomic E-state index is 0.226. The molecule has 2 fully saturated rings. The van der Waals surface area contributed by atoms with Crippen molar-refractivity contribution in [2.45, 2.75) is 57.7 Å². The molecular weight excluding hydrogens is 202 g/mol. The summed E-state index contributed by atoms with van der Waals surface area (Å²) in [7, 11) is 0. The lowest BCUT2D eigenvalue weighted by Gasteiger charge is -2.40. The van der Waals surface area contributed by atoms with Gasteiger partial charge in [-0.05, 0) is 39.5 Å². The number of hydrogen-bond donors (Lipinski definition) is 1. The molecular formula is C12H23N3O. The van der Waals surface area contributed by atoms with E-state index in [9.17, 15) is 4.79 Å². The molecule has 2 bridgehead atoms. The molecule has 0 spiro atoms. The van der Waals surface area contributed by atoms with Crippen LogP contribution in [-0.2, 0) is 0 Å². The van der Waals surface area contributed by atoms with E-state index in [1.54, 1.807) is 0 Å². The molecule has 4 nitrogen and oxygen atoms in total. The van der Waals surface area contributed by atoms with E-state index in [4.69, 9.17) is 5.73 Å². The van der Waals surface area contributed by atoms with Gasteiger partial charge in [0.1, 0.15) is 0 Å². The van der Waals surface area contributed by atoms with Crippen LogP contribution in [0.3, 0.4) is 0 Å². The monoisotopic (exact) mass is 225 g/mol. The zero-order valence-corrected chi connectivity index (χ0v) is 10.4. The van der Waals surface area contributed by atoms with Gasteiger partial charge in [-0.3, -0.25) is 0 Å². The van der Waals surface area contributed by atoms with Gasteiger partial charge < -0.3 is 15.5 Å². The van der Waals surface area contributed by atoms with Gasteiger partial charge in [-0.25, -0.2) is 4.79 Å². The minimum Gasteiger partial charge on any atom is -0.328 e. The third-order valence-corrected chi connectivity index (χ3v) is 4.02. The summed E-state index contributed by atoms with van der Waals surface area (Å²) >= 11 is 0. The number of carbonyl (C=O) groups excluding carboxylic acids is 1. The summed E-state index contributed by atoms with van der Waals surface area (Å²) in [5.74, 6) is 0. The van der Waals surface area contributed by atoms with E-state index in [0.717, 1.165) is 38.8 Å². The fourth-order valence-corrected chi connectivity index (χ4v) is 3.19. The lowest BCUT2D eigenvalue weighted by molar-refractivity contribution is 0.109. The Labute approximate surface area is 97.8 Å². The first-order valence-corrected chi connectivity index (χ1v) is 6.50. The maximum Gasteiger partial charge on any atom is 0.320 e. The molecule has 0 aromatic rings. The smallest absolute Gasteiger partial charge is 0.320 e. The maximum absolute atomic E-state index is 12.3. The quantitative estimate of drug-likeness (QED) is 0.772. The Morgan fingerprint density at radius 1 is 1.25 bits per heavy atom. The zero-order chi connectivity index (χ0) is 11.7. The highest BCUT2D eigenvalue weighted by molar-refractivity contribution is 5.75. The molecule has 92 valence electrons. The topological polar surface area (TPSA) is 49.6 Å². The second-order valence-electron chi connectivity index (χ2n) is 4.98. The van der Waals surface area contributed by atoms with Gasteiger partial charge in [-0.15, -0.1) is 0 Å². The summed E-state index contributed by atoms with van der Waals surface area (Å²) < 4.78 is 0. The first-order valence-electron chi connectivity index (χ1n) is 6.50. The summed E-state index contributed by atoms with van der Waals surface area (Å²) in [6, 6.07) is 1.34. The molecule has 2 amide bonds. The molecule has 2 heterocycles. The van der Waals surface area contributed by atoms with E-state index in [1.807, 2.05) is 18.7 Å². The van der Waals surface area contributed by atoms with Gasteiger partial charge >= 0.3 is 6.03 Å². The third-order valence-electron chi connectivity index (χ3n) is 4.02. The van der Waals surface area contributed by atoms with Crippen LogP contribution >= 0.6 is 0 Å². The van der Waals surface area contributed by atoms with Crippen molar-refractivity contribution in [2.24, 2.45) is 5.73 Å². The van der Waals surface area contributed by atoms with Gasteiger partial charge in [0.25, 0.3) is 0 Å². The molecule has 2 rings (SSSR count). The third kappa shape index (κ3) is 1.90. The standard InChI is InChI=1S/C12H23N3O/c1-3-14(4-2)12(16)15-10-5-6-11(15)8-9(13)7-10/h9-11H,3-8,13H2,1-2H3. The Kier molecular flexibility index (Phi) is 3.38. The van der Waals surface area contributed by atoms with Crippen LogP contribution in [0.5, 0.6) is 0 Å². The summed E-state index contributed by atoms with van der Waals surface area (Å²) in [5, 5.41) is 0. The number of amides is 2. The van der Waals surface area contributed by atoms with Crippen LogP contribution in [0.25, 0.3) is 0 Å². The fraction of sp³-hybridized carbons (Fsp3) is 0.917. The number of piperidine rings is 1. The molecule has 2 saturated heterocycles. The molecule has 2 aliphatic rings. The molecule has 0 saturated carbocycles. The van der Waals surface area contributed by atoms with Crippen molar-refractivity contribution in [3.63, 3.8) is 0 Å². The highest BCUT2D eigenvalue weighted by atomic mass is 16.2. The van der Waals surface area contributed by atoms with Crippen LogP contribution in [0.2, 0.25) is 0 Å². The molecule has 0 aromatic heterocycles. The van der Waals surface area contributed by atoms with Crippen molar-refractivity contribution < 1.29 is 4.79 Å². The van der Waals surface area contributed by atoms with E-state index in [0.29, 0.717) is 18.1 Å². The Balaban J connectivity index is 2.07. The first kappa shape index (κ1) is 11.7. The van der Waals surface area contributed by atoms with E-state index >= 15 is 0 Å². The number of fused-ring (bicyclic) bond motifs is 2. The summed E-state index contributed by atoms with van der Waals surface area (Å²) in [6.07, 6.45) is 4.27. The number of nitrogens with two attached hydrogens (primary N) is 1. The van der Waals surface area contributed by atoms with Crippen molar-refractivity contribution in [3.8, 4) is 0 Å². The molecule has 4 heteroatoms. The van der Waals surface area contributed by atoms with Crippen LogP contribution in [0, 0.1) is 0 Å².